The van der Waals surface area contributed by atoms with Gasteiger partial charge in [0.15, 0.2) is 0 Å². The van der Waals surface area contributed by atoms with Gasteiger partial charge in [-0.1, -0.05) is 11.6 Å². The number of amides is 4. The number of nitrogen functional groups attached to an aromatic ring is 1. The summed E-state index contributed by atoms with van der Waals surface area (Å²) in [6, 6.07) is 9.58. The first-order valence-electron chi connectivity index (χ1n) is 8.28. The summed E-state index contributed by atoms with van der Waals surface area (Å²) in [6.45, 7) is 1.85. The number of likely N-dealkylation sites (N-methyl/N-ethyl adjacent to an activating group) is 1. The number of aryl methyl sites for hydroxylation is 1. The van der Waals surface area contributed by atoms with E-state index in [1.807, 2.05) is 6.92 Å². The number of urea groups is 1. The number of hydrogen-bond acceptors (Lipinski definition) is 5. The number of nitrogens with zero attached hydrogens (tertiary/aromatic N) is 2. The van der Waals surface area contributed by atoms with Gasteiger partial charge in [-0.05, 0) is 55.0 Å². The van der Waals surface area contributed by atoms with Gasteiger partial charge in [0, 0.05) is 12.7 Å². The van der Waals surface area contributed by atoms with Crippen molar-refractivity contribution in [3.05, 3.63) is 64.7 Å². The molecule has 4 amide bonds. The maximum atomic E-state index is 12.9. The number of carboxylic acid groups (broad SMARTS) is 1. The molecule has 1 saturated heterocycles. The van der Waals surface area contributed by atoms with Crippen molar-refractivity contribution in [2.24, 2.45) is 0 Å². The van der Waals surface area contributed by atoms with Gasteiger partial charge in [-0.15, -0.1) is 0 Å². The van der Waals surface area contributed by atoms with Crippen molar-refractivity contribution in [3.8, 4) is 0 Å². The van der Waals surface area contributed by atoms with Gasteiger partial charge in [-0.25, -0.2) is 14.5 Å². The highest BCUT2D eigenvalue weighted by Gasteiger charge is 2.41. The molecule has 0 saturated carbocycles. The van der Waals surface area contributed by atoms with Crippen LogP contribution in [0.15, 0.2) is 48.0 Å². The summed E-state index contributed by atoms with van der Waals surface area (Å²) in [5.41, 5.74) is 7.64. The first kappa shape index (κ1) is 18.8. The lowest BCUT2D eigenvalue weighted by atomic mass is 10.0. The number of benzene rings is 2. The predicted octanol–water partition coefficient (Wildman–Crippen LogP) is 2.28. The number of carbonyl (C=O) groups excluding carboxylic acids is 3. The lowest BCUT2D eigenvalue weighted by Crippen LogP contribution is -2.55. The van der Waals surface area contributed by atoms with Crippen molar-refractivity contribution >= 4 is 41.3 Å². The van der Waals surface area contributed by atoms with Gasteiger partial charge in [0.05, 0.1) is 11.3 Å². The average molecular weight is 379 g/mol. The molecular formula is C20H17N3O5. The Labute approximate surface area is 160 Å². The normalized spacial score (nSPS) is 16.1. The van der Waals surface area contributed by atoms with Crippen LogP contribution < -0.4 is 10.6 Å². The second-order valence-corrected chi connectivity index (χ2v) is 6.33. The van der Waals surface area contributed by atoms with Crippen LogP contribution in [0.2, 0.25) is 0 Å². The van der Waals surface area contributed by atoms with E-state index >= 15 is 0 Å². The molecule has 0 radical (unpaired) electrons. The topological polar surface area (TPSA) is 121 Å². The molecule has 2 aromatic carbocycles. The number of imide groups is 2. The van der Waals surface area contributed by atoms with Crippen LogP contribution in [0, 0.1) is 6.92 Å². The Balaban J connectivity index is 2.07. The van der Waals surface area contributed by atoms with E-state index in [9.17, 15) is 19.2 Å². The number of aromatic carboxylic acids is 1. The molecule has 142 valence electrons. The van der Waals surface area contributed by atoms with Crippen LogP contribution in [0.5, 0.6) is 0 Å². The fourth-order valence-corrected chi connectivity index (χ4v) is 2.80. The molecule has 3 N–H and O–H groups in total. The zero-order valence-corrected chi connectivity index (χ0v) is 15.2. The molecule has 0 aliphatic carbocycles. The quantitative estimate of drug-likeness (QED) is 0.479. The fraction of sp³-hybridized carbons (Fsp3) is 0.100. The van der Waals surface area contributed by atoms with Crippen LogP contribution in [0.25, 0.3) is 6.08 Å². The highest BCUT2D eigenvalue weighted by molar-refractivity contribution is 6.39. The first-order valence-corrected chi connectivity index (χ1v) is 8.28. The third-order valence-electron chi connectivity index (χ3n) is 4.36. The lowest BCUT2D eigenvalue weighted by Gasteiger charge is -2.31. The van der Waals surface area contributed by atoms with Crippen molar-refractivity contribution in [3.63, 3.8) is 0 Å². The van der Waals surface area contributed by atoms with Crippen LogP contribution in [0.4, 0.5) is 16.2 Å². The number of hydrogen-bond donors (Lipinski definition) is 2. The highest BCUT2D eigenvalue weighted by atomic mass is 16.4. The van der Waals surface area contributed by atoms with Crippen molar-refractivity contribution in [1.29, 1.82) is 0 Å². The summed E-state index contributed by atoms with van der Waals surface area (Å²) in [7, 11) is 1.27. The Hall–Kier alpha value is -3.94. The van der Waals surface area contributed by atoms with E-state index in [1.54, 1.807) is 18.2 Å². The summed E-state index contributed by atoms with van der Waals surface area (Å²) in [5.74, 6) is -2.68. The molecule has 0 unspecified atom stereocenters. The highest BCUT2D eigenvalue weighted by Crippen LogP contribution is 2.27. The van der Waals surface area contributed by atoms with Gasteiger partial charge >= 0.3 is 12.0 Å². The maximum absolute atomic E-state index is 12.9. The summed E-state index contributed by atoms with van der Waals surface area (Å²) in [6.07, 6.45) is 1.36. The molecule has 2 aromatic rings. The zero-order chi connectivity index (χ0) is 20.6. The van der Waals surface area contributed by atoms with Gasteiger partial charge in [-0.3, -0.25) is 14.5 Å². The van der Waals surface area contributed by atoms with E-state index in [0.29, 0.717) is 11.3 Å². The second kappa shape index (κ2) is 6.99. The molecular weight excluding hydrogens is 362 g/mol. The van der Waals surface area contributed by atoms with Gasteiger partial charge < -0.3 is 10.8 Å². The van der Waals surface area contributed by atoms with Crippen LogP contribution >= 0.6 is 0 Å². The third kappa shape index (κ3) is 3.23. The first-order chi connectivity index (χ1) is 13.2. The standard InChI is InChI=1S/C20H17N3O5/c1-11-3-8-16(21)13(9-11)10-15-17(24)22(2)20(28)23(18(15)25)14-6-4-12(5-7-14)19(26)27/h3-10H,21H2,1-2H3,(H,26,27)/b15-10+. The van der Waals surface area contributed by atoms with Gasteiger partial charge in [0.1, 0.15) is 5.57 Å². The molecule has 1 heterocycles. The Morgan fingerprint density at radius 3 is 2.29 bits per heavy atom. The predicted molar refractivity (Wildman–Crippen MR) is 103 cm³/mol. The monoisotopic (exact) mass is 379 g/mol. The van der Waals surface area contributed by atoms with Gasteiger partial charge in [-0.2, -0.15) is 0 Å². The van der Waals surface area contributed by atoms with Crippen molar-refractivity contribution in [1.82, 2.24) is 4.90 Å². The molecule has 0 aromatic heterocycles. The summed E-state index contributed by atoms with van der Waals surface area (Å²) in [5, 5.41) is 9.00. The number of barbiturate groups is 1. The zero-order valence-electron chi connectivity index (χ0n) is 15.2. The Kier molecular flexibility index (Phi) is 4.70. The number of nitrogens with two attached hydrogens (primary N) is 1. The van der Waals surface area contributed by atoms with Gasteiger partial charge in [0.25, 0.3) is 11.8 Å². The number of carboxylic acids is 1. The molecule has 1 aliphatic rings. The van der Waals surface area contributed by atoms with E-state index in [2.05, 4.69) is 0 Å². The van der Waals surface area contributed by atoms with E-state index in [4.69, 9.17) is 10.8 Å². The molecule has 1 fully saturated rings. The van der Waals surface area contributed by atoms with E-state index in [-0.39, 0.29) is 16.8 Å². The summed E-state index contributed by atoms with van der Waals surface area (Å²) in [4.78, 5) is 50.7. The largest absolute Gasteiger partial charge is 0.478 e. The lowest BCUT2D eigenvalue weighted by molar-refractivity contribution is -0.128. The number of anilines is 2. The molecule has 8 nitrogen and oxygen atoms in total. The van der Waals surface area contributed by atoms with Crippen LogP contribution in [0.1, 0.15) is 21.5 Å². The van der Waals surface area contributed by atoms with Crippen LogP contribution in [-0.4, -0.2) is 40.9 Å². The molecule has 0 spiro atoms. The summed E-state index contributed by atoms with van der Waals surface area (Å²) < 4.78 is 0. The minimum absolute atomic E-state index is 0.00777. The Morgan fingerprint density at radius 2 is 1.68 bits per heavy atom. The molecule has 8 heteroatoms. The number of rotatable bonds is 3. The average Bonchev–Trinajstić information content (AvgIpc) is 2.66. The van der Waals surface area contributed by atoms with Crippen molar-refractivity contribution < 1.29 is 24.3 Å². The van der Waals surface area contributed by atoms with Crippen LogP contribution in [-0.2, 0) is 9.59 Å². The molecule has 0 bridgehead atoms. The molecule has 0 atom stereocenters. The van der Waals surface area contributed by atoms with Crippen LogP contribution in [0.3, 0.4) is 0 Å². The third-order valence-corrected chi connectivity index (χ3v) is 4.36. The van der Waals surface area contributed by atoms with Crippen molar-refractivity contribution in [2.45, 2.75) is 6.92 Å². The van der Waals surface area contributed by atoms with E-state index in [0.717, 1.165) is 15.4 Å². The minimum Gasteiger partial charge on any atom is -0.478 e. The fourth-order valence-electron chi connectivity index (χ4n) is 2.80. The number of carbonyl (C=O) groups is 4. The smallest absolute Gasteiger partial charge is 0.338 e. The summed E-state index contributed by atoms with van der Waals surface area (Å²) >= 11 is 0. The Morgan fingerprint density at radius 1 is 1.04 bits per heavy atom. The molecule has 1 aliphatic heterocycles. The molecule has 3 rings (SSSR count). The van der Waals surface area contributed by atoms with E-state index in [1.165, 1.54) is 37.4 Å². The van der Waals surface area contributed by atoms with Gasteiger partial charge in [0.2, 0.25) is 0 Å². The SMILES string of the molecule is Cc1ccc(N)c(/C=C2\C(=O)N(C)C(=O)N(c3ccc(C(=O)O)cc3)C2=O)c1. The van der Waals surface area contributed by atoms with Crippen molar-refractivity contribution in [2.75, 3.05) is 17.7 Å². The second-order valence-electron chi connectivity index (χ2n) is 6.33. The maximum Gasteiger partial charge on any atom is 0.338 e. The minimum atomic E-state index is -1.13. The molecule has 28 heavy (non-hydrogen) atoms. The van der Waals surface area contributed by atoms with E-state index < -0.39 is 23.8 Å². The Bertz CT molecular complexity index is 1040.